The molecule has 0 radical (unpaired) electrons. The van der Waals surface area contributed by atoms with Crippen LogP contribution in [0, 0.1) is 34.3 Å². The van der Waals surface area contributed by atoms with Gasteiger partial charge in [0, 0.05) is 19.2 Å². The average Bonchev–Trinajstić information content (AvgIpc) is 3.31. The summed E-state index contributed by atoms with van der Waals surface area (Å²) in [7, 11) is 0. The number of carbonyl (C=O) groups is 1. The van der Waals surface area contributed by atoms with Crippen LogP contribution in [0.4, 0.5) is 5.82 Å². The van der Waals surface area contributed by atoms with Crippen molar-refractivity contribution >= 4 is 23.3 Å². The Morgan fingerprint density at radius 1 is 1.36 bits per heavy atom. The first-order chi connectivity index (χ1) is 15.7. The Labute approximate surface area is 198 Å². The van der Waals surface area contributed by atoms with E-state index in [0.29, 0.717) is 24.0 Å². The Hall–Kier alpha value is -2.42. The van der Waals surface area contributed by atoms with Crippen LogP contribution in [0.25, 0.3) is 0 Å². The number of nitrogens with zero attached hydrogens (tertiary/aromatic N) is 5. The minimum absolute atomic E-state index is 0.0599. The molecule has 6 rings (SSSR count). The van der Waals surface area contributed by atoms with Gasteiger partial charge in [-0.25, -0.2) is 0 Å². The molecule has 1 amide bonds. The van der Waals surface area contributed by atoms with Crippen molar-refractivity contribution < 1.29 is 9.72 Å². The lowest BCUT2D eigenvalue weighted by molar-refractivity contribution is -0.389. The summed E-state index contributed by atoms with van der Waals surface area (Å²) in [6.07, 6.45) is 8.21. The molecule has 4 aliphatic carbocycles. The van der Waals surface area contributed by atoms with E-state index in [1.165, 1.54) is 6.42 Å². The zero-order chi connectivity index (χ0) is 23.5. The first kappa shape index (κ1) is 22.4. The third kappa shape index (κ3) is 3.64. The molecule has 4 aliphatic rings. The summed E-state index contributed by atoms with van der Waals surface area (Å²) in [4.78, 5) is 24.2. The summed E-state index contributed by atoms with van der Waals surface area (Å²) < 4.78 is 3.75. The van der Waals surface area contributed by atoms with Crippen molar-refractivity contribution in [1.29, 1.82) is 0 Å². The molecule has 2 heterocycles. The number of hydrogen-bond acceptors (Lipinski definition) is 5. The summed E-state index contributed by atoms with van der Waals surface area (Å²) in [5.41, 5.74) is 1.27. The van der Waals surface area contributed by atoms with Crippen LogP contribution in [-0.2, 0) is 16.9 Å². The second-order valence-corrected chi connectivity index (χ2v) is 11.0. The molecular formula is C23H31ClN6O3. The van der Waals surface area contributed by atoms with E-state index in [4.69, 9.17) is 11.6 Å². The molecule has 3 atom stereocenters. The van der Waals surface area contributed by atoms with Gasteiger partial charge in [0.15, 0.2) is 5.02 Å². The summed E-state index contributed by atoms with van der Waals surface area (Å²) in [6, 6.07) is 1.84. The highest BCUT2D eigenvalue weighted by Crippen LogP contribution is 2.65. The molecule has 4 saturated carbocycles. The van der Waals surface area contributed by atoms with Gasteiger partial charge in [0.05, 0.1) is 28.1 Å². The van der Waals surface area contributed by atoms with E-state index >= 15 is 0 Å². The number of aryl methyl sites for hydroxylation is 1. The maximum atomic E-state index is 13.2. The van der Waals surface area contributed by atoms with E-state index < -0.39 is 4.92 Å². The first-order valence-corrected chi connectivity index (χ1v) is 12.2. The number of amides is 1. The van der Waals surface area contributed by atoms with Crippen LogP contribution in [0.3, 0.4) is 0 Å². The van der Waals surface area contributed by atoms with Crippen LogP contribution in [0.1, 0.15) is 76.2 Å². The second-order valence-electron chi connectivity index (χ2n) is 10.6. The van der Waals surface area contributed by atoms with E-state index in [9.17, 15) is 14.9 Å². The molecule has 1 N–H and O–H groups in total. The Bertz CT molecular complexity index is 1090. The molecule has 3 unspecified atom stereocenters. The Balaban J connectivity index is 1.39. The van der Waals surface area contributed by atoms with Gasteiger partial charge in [-0.1, -0.05) is 11.6 Å². The highest BCUT2D eigenvalue weighted by molar-refractivity contribution is 6.33. The molecule has 4 fully saturated rings. The highest BCUT2D eigenvalue weighted by atomic mass is 35.5. The Kier molecular flexibility index (Phi) is 5.30. The van der Waals surface area contributed by atoms with Gasteiger partial charge < -0.3 is 15.4 Å². The fourth-order valence-electron chi connectivity index (χ4n) is 7.59. The molecular weight excluding hydrogens is 444 g/mol. The fraction of sp³-hybridized carbons (Fsp3) is 0.696. The average molecular weight is 475 g/mol. The van der Waals surface area contributed by atoms with Gasteiger partial charge in [-0.2, -0.15) is 9.78 Å². The van der Waals surface area contributed by atoms with E-state index in [-0.39, 0.29) is 33.7 Å². The van der Waals surface area contributed by atoms with Crippen molar-refractivity contribution in [2.75, 3.05) is 0 Å². The standard InChI is InChI=1S/C23H31ClN6O3/c1-4-28-18(5-6-25-28)14(2)26-19(31)12-22-8-16-7-17(9-22)11-23(10-16,13-22)29-15(3)20(24)21(27-29)30(32)33/h5-6,14,16-17H,4,7-13H2,1-3H3,(H,26,31). The summed E-state index contributed by atoms with van der Waals surface area (Å²) in [6.45, 7) is 6.61. The van der Waals surface area contributed by atoms with Gasteiger partial charge in [0.1, 0.15) is 0 Å². The smallest absolute Gasteiger partial charge is 0.358 e. The van der Waals surface area contributed by atoms with Crippen molar-refractivity contribution in [1.82, 2.24) is 24.9 Å². The fourth-order valence-corrected chi connectivity index (χ4v) is 7.77. The molecule has 0 spiro atoms. The van der Waals surface area contributed by atoms with Crippen molar-refractivity contribution in [3.63, 3.8) is 0 Å². The minimum atomic E-state index is -0.502. The molecule has 10 heteroatoms. The van der Waals surface area contributed by atoms with Crippen LogP contribution in [0.5, 0.6) is 0 Å². The predicted molar refractivity (Wildman–Crippen MR) is 123 cm³/mol. The van der Waals surface area contributed by atoms with Gasteiger partial charge in [0.2, 0.25) is 5.91 Å². The second kappa shape index (κ2) is 7.82. The van der Waals surface area contributed by atoms with Crippen molar-refractivity contribution in [2.24, 2.45) is 17.3 Å². The third-order valence-electron chi connectivity index (χ3n) is 8.21. The summed E-state index contributed by atoms with van der Waals surface area (Å²) in [5, 5.41) is 23.5. The number of nitro groups is 1. The van der Waals surface area contributed by atoms with E-state index in [1.54, 1.807) is 6.20 Å². The van der Waals surface area contributed by atoms with Crippen molar-refractivity contribution in [2.45, 2.75) is 83.8 Å². The maximum absolute atomic E-state index is 13.2. The third-order valence-corrected chi connectivity index (χ3v) is 8.65. The molecule has 2 aromatic heterocycles. The highest BCUT2D eigenvalue weighted by Gasteiger charge is 2.60. The lowest BCUT2D eigenvalue weighted by atomic mass is 9.46. The molecule has 0 aliphatic heterocycles. The number of hydrogen-bond donors (Lipinski definition) is 1. The van der Waals surface area contributed by atoms with Crippen LogP contribution < -0.4 is 5.32 Å². The van der Waals surface area contributed by atoms with Gasteiger partial charge in [-0.3, -0.25) is 9.48 Å². The van der Waals surface area contributed by atoms with Gasteiger partial charge >= 0.3 is 5.82 Å². The first-order valence-electron chi connectivity index (χ1n) is 11.9. The molecule has 0 saturated heterocycles. The molecule has 2 aromatic rings. The monoisotopic (exact) mass is 474 g/mol. The van der Waals surface area contributed by atoms with Gasteiger partial charge in [0.25, 0.3) is 0 Å². The number of aromatic nitrogens is 4. The molecule has 9 nitrogen and oxygen atoms in total. The normalized spacial score (nSPS) is 31.0. The van der Waals surface area contributed by atoms with E-state index in [2.05, 4.69) is 15.5 Å². The number of rotatable bonds is 7. The zero-order valence-electron chi connectivity index (χ0n) is 19.4. The number of nitrogens with one attached hydrogen (secondary N) is 1. The van der Waals surface area contributed by atoms with Crippen LogP contribution >= 0.6 is 11.6 Å². The maximum Gasteiger partial charge on any atom is 0.408 e. The molecule has 4 bridgehead atoms. The van der Waals surface area contributed by atoms with E-state index in [0.717, 1.165) is 44.3 Å². The van der Waals surface area contributed by atoms with Crippen molar-refractivity contribution in [3.05, 3.63) is 38.8 Å². The van der Waals surface area contributed by atoms with Crippen LogP contribution in [0.15, 0.2) is 12.3 Å². The van der Waals surface area contributed by atoms with E-state index in [1.807, 2.05) is 36.2 Å². The van der Waals surface area contributed by atoms with Crippen LogP contribution in [-0.4, -0.2) is 30.4 Å². The lowest BCUT2D eigenvalue weighted by Crippen LogP contribution is -2.58. The predicted octanol–water partition coefficient (Wildman–Crippen LogP) is 4.53. The molecule has 33 heavy (non-hydrogen) atoms. The SMILES string of the molecule is CCn1nccc1C(C)NC(=O)CC12CC3CC(C1)CC(n1nc([N+](=O)[O-])c(Cl)c1C)(C3)C2. The molecule has 0 aromatic carbocycles. The Morgan fingerprint density at radius 3 is 2.67 bits per heavy atom. The number of carbonyl (C=O) groups excluding carboxylic acids is 1. The number of halogens is 1. The summed E-state index contributed by atoms with van der Waals surface area (Å²) >= 11 is 6.30. The van der Waals surface area contributed by atoms with Crippen molar-refractivity contribution in [3.8, 4) is 0 Å². The lowest BCUT2D eigenvalue weighted by Gasteiger charge is -2.61. The van der Waals surface area contributed by atoms with Gasteiger partial charge in [-0.05, 0) is 87.5 Å². The summed E-state index contributed by atoms with van der Waals surface area (Å²) in [5.74, 6) is 0.821. The zero-order valence-corrected chi connectivity index (χ0v) is 20.1. The minimum Gasteiger partial charge on any atom is -0.358 e. The van der Waals surface area contributed by atoms with Gasteiger partial charge in [-0.15, -0.1) is 0 Å². The topological polar surface area (TPSA) is 108 Å². The largest absolute Gasteiger partial charge is 0.408 e. The van der Waals surface area contributed by atoms with Crippen LogP contribution in [0.2, 0.25) is 5.02 Å². The Morgan fingerprint density at radius 2 is 2.06 bits per heavy atom. The quantitative estimate of drug-likeness (QED) is 0.468. The molecule has 178 valence electrons.